The molecule has 174 valence electrons. The van der Waals surface area contributed by atoms with Crippen LogP contribution in [0.4, 0.5) is 13.2 Å². The molecule has 1 fully saturated rings. The third-order valence-corrected chi connectivity index (χ3v) is 5.30. The lowest BCUT2D eigenvalue weighted by atomic mass is 10.1. The van der Waals surface area contributed by atoms with E-state index in [4.69, 9.17) is 0 Å². The molecule has 3 amide bonds. The van der Waals surface area contributed by atoms with Crippen LogP contribution in [0.15, 0.2) is 60.7 Å². The van der Waals surface area contributed by atoms with E-state index in [2.05, 4.69) is 5.32 Å². The standard InChI is InChI=1S/C24H24F3N3O3/c1-17(28-21(31)12-11-18-7-3-2-4-8-18)22(32)29-13-15-30(16-14-29)23(33)19-9-5-6-10-20(19)24(25,26)27/h2-12,17H,13-16H2,1H3,(H,28,31)/b12-11+. The van der Waals surface area contributed by atoms with Crippen LogP contribution in [0.5, 0.6) is 0 Å². The Balaban J connectivity index is 1.54. The van der Waals surface area contributed by atoms with E-state index in [0.717, 1.165) is 17.7 Å². The minimum absolute atomic E-state index is 0.103. The lowest BCUT2D eigenvalue weighted by Gasteiger charge is -2.36. The van der Waals surface area contributed by atoms with Gasteiger partial charge in [-0.3, -0.25) is 14.4 Å². The van der Waals surface area contributed by atoms with Gasteiger partial charge in [0, 0.05) is 32.3 Å². The third kappa shape index (κ3) is 6.21. The number of hydrogen-bond acceptors (Lipinski definition) is 3. The molecule has 1 aliphatic heterocycles. The minimum atomic E-state index is -4.63. The first-order valence-electron chi connectivity index (χ1n) is 10.4. The molecule has 9 heteroatoms. The summed E-state index contributed by atoms with van der Waals surface area (Å²) in [4.78, 5) is 40.3. The van der Waals surface area contributed by atoms with E-state index >= 15 is 0 Å². The van der Waals surface area contributed by atoms with Crippen LogP contribution < -0.4 is 5.32 Å². The van der Waals surface area contributed by atoms with Gasteiger partial charge in [0.05, 0.1) is 11.1 Å². The molecule has 1 atom stereocenters. The second-order valence-corrected chi connectivity index (χ2v) is 7.64. The Bertz CT molecular complexity index is 1030. The van der Waals surface area contributed by atoms with E-state index in [1.807, 2.05) is 30.3 Å². The number of hydrogen-bond donors (Lipinski definition) is 1. The number of piperazine rings is 1. The van der Waals surface area contributed by atoms with Gasteiger partial charge in [-0.25, -0.2) is 0 Å². The Morgan fingerprint density at radius 2 is 1.48 bits per heavy atom. The summed E-state index contributed by atoms with van der Waals surface area (Å²) >= 11 is 0. The maximum atomic E-state index is 13.2. The van der Waals surface area contributed by atoms with Crippen molar-refractivity contribution in [2.45, 2.75) is 19.1 Å². The molecule has 0 saturated carbocycles. The predicted molar refractivity (Wildman–Crippen MR) is 117 cm³/mol. The van der Waals surface area contributed by atoms with Crippen LogP contribution in [0.2, 0.25) is 0 Å². The molecular weight excluding hydrogens is 435 g/mol. The zero-order valence-corrected chi connectivity index (χ0v) is 18.0. The fourth-order valence-corrected chi connectivity index (χ4v) is 3.55. The predicted octanol–water partition coefficient (Wildman–Crippen LogP) is 3.21. The monoisotopic (exact) mass is 459 g/mol. The van der Waals surface area contributed by atoms with Crippen molar-refractivity contribution in [3.05, 3.63) is 77.4 Å². The average molecular weight is 459 g/mol. The molecule has 2 aromatic carbocycles. The topological polar surface area (TPSA) is 69.7 Å². The van der Waals surface area contributed by atoms with Crippen LogP contribution in [0.25, 0.3) is 6.08 Å². The van der Waals surface area contributed by atoms with Crippen molar-refractivity contribution >= 4 is 23.8 Å². The Morgan fingerprint density at radius 3 is 2.12 bits per heavy atom. The lowest BCUT2D eigenvalue weighted by Crippen LogP contribution is -2.55. The smallest absolute Gasteiger partial charge is 0.341 e. The van der Waals surface area contributed by atoms with Crippen molar-refractivity contribution < 1.29 is 27.6 Å². The number of carbonyl (C=O) groups excluding carboxylic acids is 3. The normalized spacial score (nSPS) is 15.4. The second-order valence-electron chi connectivity index (χ2n) is 7.64. The highest BCUT2D eigenvalue weighted by Crippen LogP contribution is 2.32. The highest BCUT2D eigenvalue weighted by Gasteiger charge is 2.36. The highest BCUT2D eigenvalue weighted by atomic mass is 19.4. The van der Waals surface area contributed by atoms with Crippen molar-refractivity contribution in [3.8, 4) is 0 Å². The largest absolute Gasteiger partial charge is 0.417 e. The van der Waals surface area contributed by atoms with E-state index in [9.17, 15) is 27.6 Å². The van der Waals surface area contributed by atoms with Crippen molar-refractivity contribution in [3.63, 3.8) is 0 Å². The number of benzene rings is 2. The molecule has 1 saturated heterocycles. The molecular formula is C24H24F3N3O3. The Morgan fingerprint density at radius 1 is 0.909 bits per heavy atom. The number of alkyl halides is 3. The molecule has 0 bridgehead atoms. The summed E-state index contributed by atoms with van der Waals surface area (Å²) in [5.41, 5.74) is -0.538. The van der Waals surface area contributed by atoms with Crippen molar-refractivity contribution in [1.82, 2.24) is 15.1 Å². The summed E-state index contributed by atoms with van der Waals surface area (Å²) in [6.45, 7) is 2.10. The van der Waals surface area contributed by atoms with E-state index < -0.39 is 35.2 Å². The lowest BCUT2D eigenvalue weighted by molar-refractivity contribution is -0.138. The molecule has 1 N–H and O–H groups in total. The first kappa shape index (κ1) is 24.0. The number of rotatable bonds is 5. The maximum Gasteiger partial charge on any atom is 0.417 e. The van der Waals surface area contributed by atoms with Gasteiger partial charge in [0.25, 0.3) is 5.91 Å². The first-order valence-corrected chi connectivity index (χ1v) is 10.4. The summed E-state index contributed by atoms with van der Waals surface area (Å²) in [6, 6.07) is 13.1. The first-order chi connectivity index (χ1) is 15.7. The molecule has 0 spiro atoms. The average Bonchev–Trinajstić information content (AvgIpc) is 2.82. The molecule has 0 radical (unpaired) electrons. The van der Waals surface area contributed by atoms with E-state index in [-0.39, 0.29) is 32.1 Å². The van der Waals surface area contributed by atoms with E-state index in [1.165, 1.54) is 28.0 Å². The summed E-state index contributed by atoms with van der Waals surface area (Å²) < 4.78 is 39.7. The second kappa shape index (κ2) is 10.3. The van der Waals surface area contributed by atoms with Crippen LogP contribution in [0.1, 0.15) is 28.4 Å². The Hall–Kier alpha value is -3.62. The number of amides is 3. The van der Waals surface area contributed by atoms with Gasteiger partial charge in [-0.15, -0.1) is 0 Å². The van der Waals surface area contributed by atoms with Gasteiger partial charge in [-0.05, 0) is 30.7 Å². The number of carbonyl (C=O) groups is 3. The fourth-order valence-electron chi connectivity index (χ4n) is 3.55. The molecule has 1 unspecified atom stereocenters. The van der Waals surface area contributed by atoms with Crippen molar-refractivity contribution in [1.29, 1.82) is 0 Å². The fraction of sp³-hybridized carbons (Fsp3) is 0.292. The molecule has 0 aliphatic carbocycles. The summed E-state index contributed by atoms with van der Waals surface area (Å²) in [7, 11) is 0. The highest BCUT2D eigenvalue weighted by molar-refractivity contribution is 5.97. The van der Waals surface area contributed by atoms with Gasteiger partial charge in [-0.2, -0.15) is 13.2 Å². The zero-order chi connectivity index (χ0) is 24.0. The quantitative estimate of drug-likeness (QED) is 0.699. The molecule has 0 aromatic heterocycles. The molecule has 1 aliphatic rings. The number of nitrogens with one attached hydrogen (secondary N) is 1. The SMILES string of the molecule is CC(NC(=O)/C=C/c1ccccc1)C(=O)N1CCN(C(=O)c2ccccc2C(F)(F)F)CC1. The van der Waals surface area contributed by atoms with Crippen LogP contribution >= 0.6 is 0 Å². The van der Waals surface area contributed by atoms with Crippen molar-refractivity contribution in [2.75, 3.05) is 26.2 Å². The van der Waals surface area contributed by atoms with Gasteiger partial charge < -0.3 is 15.1 Å². The molecule has 33 heavy (non-hydrogen) atoms. The molecule has 3 rings (SSSR count). The van der Waals surface area contributed by atoms with E-state index in [0.29, 0.717) is 0 Å². The van der Waals surface area contributed by atoms with Gasteiger partial charge in [0.15, 0.2) is 0 Å². The van der Waals surface area contributed by atoms with Gasteiger partial charge in [0.1, 0.15) is 6.04 Å². The maximum absolute atomic E-state index is 13.2. The van der Waals surface area contributed by atoms with Crippen molar-refractivity contribution in [2.24, 2.45) is 0 Å². The summed E-state index contributed by atoms with van der Waals surface area (Å²) in [5, 5.41) is 2.61. The zero-order valence-electron chi connectivity index (χ0n) is 18.0. The summed E-state index contributed by atoms with van der Waals surface area (Å²) in [6.07, 6.45) is -1.66. The van der Waals surface area contributed by atoms with Crippen LogP contribution in [0, 0.1) is 0 Å². The van der Waals surface area contributed by atoms with Crippen LogP contribution in [0.3, 0.4) is 0 Å². The minimum Gasteiger partial charge on any atom is -0.341 e. The van der Waals surface area contributed by atoms with Crippen LogP contribution in [-0.2, 0) is 15.8 Å². The molecule has 2 aromatic rings. The third-order valence-electron chi connectivity index (χ3n) is 5.30. The summed E-state index contributed by atoms with van der Waals surface area (Å²) in [5.74, 6) is -1.46. The van der Waals surface area contributed by atoms with Gasteiger partial charge in [-0.1, -0.05) is 42.5 Å². The molecule has 1 heterocycles. The Labute approximate surface area is 189 Å². The van der Waals surface area contributed by atoms with E-state index in [1.54, 1.807) is 13.0 Å². The Kier molecular flexibility index (Phi) is 7.52. The molecule has 6 nitrogen and oxygen atoms in total. The van der Waals surface area contributed by atoms with Gasteiger partial charge in [0.2, 0.25) is 11.8 Å². The number of halogens is 3. The number of nitrogens with zero attached hydrogens (tertiary/aromatic N) is 2. The van der Waals surface area contributed by atoms with Crippen LogP contribution in [-0.4, -0.2) is 59.7 Å². The van der Waals surface area contributed by atoms with Gasteiger partial charge >= 0.3 is 6.18 Å².